The monoisotopic (exact) mass is 361 g/mol. The molecule has 0 spiro atoms. The Kier molecular flexibility index (Phi) is 18.5. The number of unbranched alkanes of at least 4 members (excludes halogenated alkanes) is 4. The average molecular weight is 362 g/mol. The number of hydrogen-bond donors (Lipinski definition) is 2. The van der Waals surface area contributed by atoms with Crippen molar-refractivity contribution < 1.29 is 9.90 Å². The molecule has 0 saturated carbocycles. The Bertz CT molecular complexity index is 435. The molecule has 26 heavy (non-hydrogen) atoms. The van der Waals surface area contributed by atoms with Crippen LogP contribution in [0.3, 0.4) is 0 Å². The summed E-state index contributed by atoms with van der Waals surface area (Å²) in [6, 6.07) is -0.154. The Labute approximate surface area is 161 Å². The van der Waals surface area contributed by atoms with Gasteiger partial charge >= 0.3 is 0 Å². The number of allylic oxidation sites excluding steroid dienone is 8. The third-order valence-electron chi connectivity index (χ3n) is 3.91. The Balaban J connectivity index is 3.50. The van der Waals surface area contributed by atoms with Gasteiger partial charge in [-0.2, -0.15) is 0 Å². The van der Waals surface area contributed by atoms with Gasteiger partial charge in [0.2, 0.25) is 5.91 Å². The predicted octanol–water partition coefficient (Wildman–Crippen LogP) is 5.63. The molecular weight excluding hydrogens is 322 g/mol. The van der Waals surface area contributed by atoms with Gasteiger partial charge in [-0.1, -0.05) is 68.4 Å². The van der Waals surface area contributed by atoms with E-state index in [4.69, 9.17) is 5.11 Å². The largest absolute Gasteiger partial charge is 0.394 e. The topological polar surface area (TPSA) is 49.3 Å². The van der Waals surface area contributed by atoms with Gasteiger partial charge in [-0.15, -0.1) is 0 Å². The van der Waals surface area contributed by atoms with Gasteiger partial charge in [-0.3, -0.25) is 4.79 Å². The van der Waals surface area contributed by atoms with Crippen molar-refractivity contribution in [1.82, 2.24) is 5.32 Å². The molecule has 0 unspecified atom stereocenters. The summed E-state index contributed by atoms with van der Waals surface area (Å²) in [7, 11) is 0. The van der Waals surface area contributed by atoms with E-state index < -0.39 is 0 Å². The van der Waals surface area contributed by atoms with E-state index in [1.54, 1.807) is 6.92 Å². The second-order valence-electron chi connectivity index (χ2n) is 6.63. The van der Waals surface area contributed by atoms with Gasteiger partial charge in [-0.25, -0.2) is 0 Å². The molecular formula is C23H39NO2. The minimum absolute atomic E-state index is 0.0110. The molecule has 3 nitrogen and oxygen atoms in total. The number of rotatable bonds is 16. The number of hydrogen-bond acceptors (Lipinski definition) is 2. The third-order valence-corrected chi connectivity index (χ3v) is 3.91. The van der Waals surface area contributed by atoms with E-state index in [0.29, 0.717) is 6.42 Å². The lowest BCUT2D eigenvalue weighted by Gasteiger charge is -2.09. The molecule has 148 valence electrons. The first-order valence-electron chi connectivity index (χ1n) is 10.2. The summed E-state index contributed by atoms with van der Waals surface area (Å²) >= 11 is 0. The van der Waals surface area contributed by atoms with Crippen LogP contribution in [-0.4, -0.2) is 23.7 Å². The van der Waals surface area contributed by atoms with Crippen molar-refractivity contribution in [2.24, 2.45) is 0 Å². The Morgan fingerprint density at radius 3 is 1.85 bits per heavy atom. The highest BCUT2D eigenvalue weighted by atomic mass is 16.3. The standard InChI is InChI=1S/C23H39NO2/c1-3-4-5-6-7-8-9-10-11-12-13-14-15-16-17-18-19-20-23(26)24-22(2)21-25/h7-8,10-11,13-14,16-17,22,25H,3-6,9,12,15,18-21H2,1-2H3,(H,24,26)/b8-7+,11-10+,14-13-,17-16-/t22-/m1/s1. The van der Waals surface area contributed by atoms with Crippen molar-refractivity contribution in [3.8, 4) is 0 Å². The summed E-state index contributed by atoms with van der Waals surface area (Å²) in [5, 5.41) is 11.6. The van der Waals surface area contributed by atoms with E-state index in [9.17, 15) is 4.79 Å². The molecule has 2 N–H and O–H groups in total. The molecule has 0 saturated heterocycles. The van der Waals surface area contributed by atoms with Crippen molar-refractivity contribution in [2.45, 2.75) is 84.1 Å². The second-order valence-corrected chi connectivity index (χ2v) is 6.63. The number of carbonyl (C=O) groups excluding carboxylic acids is 1. The Hall–Kier alpha value is -1.61. The van der Waals surface area contributed by atoms with Crippen molar-refractivity contribution in [3.05, 3.63) is 48.6 Å². The van der Waals surface area contributed by atoms with Crippen LogP contribution in [0.2, 0.25) is 0 Å². The van der Waals surface area contributed by atoms with Gasteiger partial charge in [0, 0.05) is 12.5 Å². The van der Waals surface area contributed by atoms with E-state index >= 15 is 0 Å². The van der Waals surface area contributed by atoms with Crippen LogP contribution in [0.1, 0.15) is 78.1 Å². The number of carbonyl (C=O) groups is 1. The van der Waals surface area contributed by atoms with Crippen molar-refractivity contribution >= 4 is 5.91 Å². The molecule has 0 aromatic rings. The van der Waals surface area contributed by atoms with E-state index in [1.165, 1.54) is 25.7 Å². The SMILES string of the molecule is CCCCC/C=C/C/C=C/C/C=C\C/C=C\CCCC(=O)N[C@H](C)CO. The maximum atomic E-state index is 11.5. The minimum atomic E-state index is -0.154. The minimum Gasteiger partial charge on any atom is -0.394 e. The molecule has 1 amide bonds. The van der Waals surface area contributed by atoms with Crippen LogP contribution in [0.4, 0.5) is 0 Å². The summed E-state index contributed by atoms with van der Waals surface area (Å²) in [5.74, 6) is 0.0161. The van der Waals surface area contributed by atoms with Gasteiger partial charge in [0.25, 0.3) is 0 Å². The maximum absolute atomic E-state index is 11.5. The quantitative estimate of drug-likeness (QED) is 0.276. The number of nitrogens with one attached hydrogen (secondary N) is 1. The second kappa shape index (κ2) is 19.7. The first-order chi connectivity index (χ1) is 12.7. The molecule has 3 heteroatoms. The molecule has 0 aliphatic heterocycles. The van der Waals surface area contributed by atoms with E-state index in [0.717, 1.165) is 32.1 Å². The smallest absolute Gasteiger partial charge is 0.220 e. The number of aliphatic hydroxyl groups excluding tert-OH is 1. The highest BCUT2D eigenvalue weighted by Gasteiger charge is 2.04. The fourth-order valence-corrected chi connectivity index (χ4v) is 2.33. The van der Waals surface area contributed by atoms with Crippen LogP contribution in [0.25, 0.3) is 0 Å². The zero-order valence-electron chi connectivity index (χ0n) is 16.8. The fourth-order valence-electron chi connectivity index (χ4n) is 2.33. The van der Waals surface area contributed by atoms with Crippen LogP contribution < -0.4 is 5.32 Å². The molecule has 0 heterocycles. The highest BCUT2D eigenvalue weighted by molar-refractivity contribution is 5.76. The summed E-state index contributed by atoms with van der Waals surface area (Å²) in [6.07, 6.45) is 28.0. The molecule has 0 rings (SSSR count). The highest BCUT2D eigenvalue weighted by Crippen LogP contribution is 2.01. The van der Waals surface area contributed by atoms with Crippen LogP contribution in [-0.2, 0) is 4.79 Å². The first-order valence-corrected chi connectivity index (χ1v) is 10.2. The first kappa shape index (κ1) is 24.4. The van der Waals surface area contributed by atoms with Crippen molar-refractivity contribution in [2.75, 3.05) is 6.61 Å². The number of amides is 1. The summed E-state index contributed by atoms with van der Waals surface area (Å²) in [6.45, 7) is 4.02. The van der Waals surface area contributed by atoms with Crippen LogP contribution in [0.5, 0.6) is 0 Å². The van der Waals surface area contributed by atoms with Crippen molar-refractivity contribution in [1.29, 1.82) is 0 Å². The normalized spacial score (nSPS) is 13.5. The number of aliphatic hydroxyl groups is 1. The zero-order valence-corrected chi connectivity index (χ0v) is 16.8. The molecule has 0 bridgehead atoms. The molecule has 0 fully saturated rings. The summed E-state index contributed by atoms with van der Waals surface area (Å²) < 4.78 is 0. The van der Waals surface area contributed by atoms with Gasteiger partial charge in [0.05, 0.1) is 6.61 Å². The van der Waals surface area contributed by atoms with Crippen molar-refractivity contribution in [3.63, 3.8) is 0 Å². The molecule has 0 aliphatic rings. The van der Waals surface area contributed by atoms with Crippen LogP contribution in [0.15, 0.2) is 48.6 Å². The predicted molar refractivity (Wildman–Crippen MR) is 113 cm³/mol. The lowest BCUT2D eigenvalue weighted by Crippen LogP contribution is -2.34. The van der Waals surface area contributed by atoms with Gasteiger partial charge in [-0.05, 0) is 51.9 Å². The molecule has 0 radical (unpaired) electrons. The molecule has 1 atom stereocenters. The molecule has 0 aromatic carbocycles. The lowest BCUT2D eigenvalue weighted by atomic mass is 10.2. The van der Waals surface area contributed by atoms with Crippen LogP contribution >= 0.6 is 0 Å². The summed E-state index contributed by atoms with van der Waals surface area (Å²) in [5.41, 5.74) is 0. The van der Waals surface area contributed by atoms with E-state index in [2.05, 4.69) is 60.8 Å². The van der Waals surface area contributed by atoms with Gasteiger partial charge in [0.15, 0.2) is 0 Å². The van der Waals surface area contributed by atoms with E-state index in [1.807, 2.05) is 0 Å². The summed E-state index contributed by atoms with van der Waals surface area (Å²) in [4.78, 5) is 11.5. The Morgan fingerprint density at radius 1 is 0.846 bits per heavy atom. The maximum Gasteiger partial charge on any atom is 0.220 e. The molecule has 0 aliphatic carbocycles. The molecule has 0 aromatic heterocycles. The fraction of sp³-hybridized carbons (Fsp3) is 0.609. The van der Waals surface area contributed by atoms with Gasteiger partial charge < -0.3 is 10.4 Å². The Morgan fingerprint density at radius 2 is 1.35 bits per heavy atom. The van der Waals surface area contributed by atoms with Crippen LogP contribution in [0, 0.1) is 0 Å². The average Bonchev–Trinajstić information content (AvgIpc) is 2.64. The third kappa shape index (κ3) is 18.7. The van der Waals surface area contributed by atoms with Gasteiger partial charge in [0.1, 0.15) is 0 Å². The van der Waals surface area contributed by atoms with E-state index in [-0.39, 0.29) is 18.6 Å². The lowest BCUT2D eigenvalue weighted by molar-refractivity contribution is -0.122. The zero-order chi connectivity index (χ0) is 19.3.